The lowest BCUT2D eigenvalue weighted by atomic mass is 9.94. The highest BCUT2D eigenvalue weighted by molar-refractivity contribution is 5.94. The standard InChI is InChI=1S/C22H27N3O.ClH/c26-22(19-8-2-1-3-9-19)23-13-6-14-24-15-16-25-20(17-24)12-11-18-7-4-5-10-21(18)25;/h1-5,7-10,20H,6,11-17H2,(H,23,26);1H. The van der Waals surface area contributed by atoms with Crippen LogP contribution < -0.4 is 10.2 Å². The van der Waals surface area contributed by atoms with Gasteiger partial charge in [-0.05, 0) is 49.6 Å². The molecule has 5 heteroatoms. The average molecular weight is 386 g/mol. The Morgan fingerprint density at radius 2 is 1.81 bits per heavy atom. The van der Waals surface area contributed by atoms with Crippen molar-refractivity contribution in [1.82, 2.24) is 10.2 Å². The maximum atomic E-state index is 12.1. The molecule has 144 valence electrons. The number of benzene rings is 2. The van der Waals surface area contributed by atoms with Gasteiger partial charge in [0.15, 0.2) is 0 Å². The van der Waals surface area contributed by atoms with E-state index in [1.807, 2.05) is 30.3 Å². The van der Waals surface area contributed by atoms with E-state index in [4.69, 9.17) is 0 Å². The van der Waals surface area contributed by atoms with Crippen LogP contribution in [-0.2, 0) is 6.42 Å². The van der Waals surface area contributed by atoms with Crippen LogP contribution in [0.2, 0.25) is 0 Å². The molecule has 0 aliphatic carbocycles. The number of nitrogens with zero attached hydrogens (tertiary/aromatic N) is 2. The predicted octanol–water partition coefficient (Wildman–Crippen LogP) is 3.37. The number of carbonyl (C=O) groups is 1. The van der Waals surface area contributed by atoms with Crippen LogP contribution in [0.25, 0.3) is 0 Å². The Morgan fingerprint density at radius 1 is 1.04 bits per heavy atom. The number of para-hydroxylation sites is 1. The molecule has 1 fully saturated rings. The molecule has 0 bridgehead atoms. The zero-order chi connectivity index (χ0) is 17.8. The quantitative estimate of drug-likeness (QED) is 0.801. The Kier molecular flexibility index (Phi) is 6.75. The van der Waals surface area contributed by atoms with Gasteiger partial charge < -0.3 is 10.2 Å². The number of amides is 1. The van der Waals surface area contributed by atoms with Gasteiger partial charge in [0.05, 0.1) is 0 Å². The fraction of sp³-hybridized carbons (Fsp3) is 0.409. The highest BCUT2D eigenvalue weighted by Gasteiger charge is 2.30. The molecule has 1 atom stereocenters. The summed E-state index contributed by atoms with van der Waals surface area (Å²) in [5.41, 5.74) is 3.68. The highest BCUT2D eigenvalue weighted by Crippen LogP contribution is 2.32. The van der Waals surface area contributed by atoms with Crippen LogP contribution in [-0.4, -0.2) is 49.6 Å². The molecule has 1 saturated heterocycles. The summed E-state index contributed by atoms with van der Waals surface area (Å²) in [5, 5.41) is 3.03. The van der Waals surface area contributed by atoms with Crippen molar-refractivity contribution in [3.63, 3.8) is 0 Å². The predicted molar refractivity (Wildman–Crippen MR) is 113 cm³/mol. The van der Waals surface area contributed by atoms with Gasteiger partial charge in [0.25, 0.3) is 5.91 Å². The second kappa shape index (κ2) is 9.25. The van der Waals surface area contributed by atoms with E-state index in [1.54, 1.807) is 0 Å². The minimum Gasteiger partial charge on any atom is -0.366 e. The van der Waals surface area contributed by atoms with Crippen LogP contribution in [0.15, 0.2) is 54.6 Å². The summed E-state index contributed by atoms with van der Waals surface area (Å²) in [6, 6.07) is 18.9. The number of halogens is 1. The van der Waals surface area contributed by atoms with E-state index in [1.165, 1.54) is 24.1 Å². The van der Waals surface area contributed by atoms with E-state index >= 15 is 0 Å². The van der Waals surface area contributed by atoms with Crippen LogP contribution in [0.5, 0.6) is 0 Å². The first kappa shape index (κ1) is 19.7. The molecule has 1 amide bonds. The van der Waals surface area contributed by atoms with Crippen molar-refractivity contribution in [3.8, 4) is 0 Å². The van der Waals surface area contributed by atoms with Crippen LogP contribution in [0.4, 0.5) is 5.69 Å². The van der Waals surface area contributed by atoms with Gasteiger partial charge in [-0.2, -0.15) is 0 Å². The van der Waals surface area contributed by atoms with E-state index in [9.17, 15) is 4.79 Å². The zero-order valence-electron chi connectivity index (χ0n) is 15.6. The Morgan fingerprint density at radius 3 is 2.67 bits per heavy atom. The second-order valence-electron chi connectivity index (χ2n) is 7.29. The molecule has 1 unspecified atom stereocenters. The third-order valence-electron chi connectivity index (χ3n) is 5.59. The number of anilines is 1. The van der Waals surface area contributed by atoms with Crippen LogP contribution in [0, 0.1) is 0 Å². The smallest absolute Gasteiger partial charge is 0.251 e. The van der Waals surface area contributed by atoms with Gasteiger partial charge in [0.1, 0.15) is 0 Å². The summed E-state index contributed by atoms with van der Waals surface area (Å²) in [6.45, 7) is 5.15. The van der Waals surface area contributed by atoms with Gasteiger partial charge in [0, 0.05) is 43.5 Å². The van der Waals surface area contributed by atoms with Crippen molar-refractivity contribution in [2.45, 2.75) is 25.3 Å². The summed E-state index contributed by atoms with van der Waals surface area (Å²) >= 11 is 0. The summed E-state index contributed by atoms with van der Waals surface area (Å²) in [6.07, 6.45) is 3.44. The fourth-order valence-corrected chi connectivity index (χ4v) is 4.21. The van der Waals surface area contributed by atoms with Crippen LogP contribution in [0.3, 0.4) is 0 Å². The lowest BCUT2D eigenvalue weighted by Crippen LogP contribution is -2.55. The van der Waals surface area contributed by atoms with Crippen molar-refractivity contribution >= 4 is 24.0 Å². The first-order chi connectivity index (χ1) is 12.8. The molecule has 0 saturated carbocycles. The van der Waals surface area contributed by atoms with Gasteiger partial charge in [0.2, 0.25) is 0 Å². The topological polar surface area (TPSA) is 35.6 Å². The monoisotopic (exact) mass is 385 g/mol. The lowest BCUT2D eigenvalue weighted by Gasteiger charge is -2.46. The van der Waals surface area contributed by atoms with E-state index < -0.39 is 0 Å². The third kappa shape index (κ3) is 4.63. The van der Waals surface area contributed by atoms with Crippen LogP contribution >= 0.6 is 12.4 Å². The molecule has 27 heavy (non-hydrogen) atoms. The highest BCUT2D eigenvalue weighted by atomic mass is 35.5. The first-order valence-electron chi connectivity index (χ1n) is 9.71. The summed E-state index contributed by atoms with van der Waals surface area (Å²) in [7, 11) is 0. The number of piperazine rings is 1. The van der Waals surface area contributed by atoms with Crippen LogP contribution in [0.1, 0.15) is 28.8 Å². The van der Waals surface area contributed by atoms with Gasteiger partial charge in [-0.1, -0.05) is 36.4 Å². The summed E-state index contributed by atoms with van der Waals surface area (Å²) < 4.78 is 0. The molecule has 1 N–H and O–H groups in total. The van der Waals surface area contributed by atoms with Gasteiger partial charge in [-0.15, -0.1) is 12.4 Å². The Labute approximate surface area is 168 Å². The Balaban J connectivity index is 0.00000210. The number of hydrogen-bond acceptors (Lipinski definition) is 3. The van der Waals surface area contributed by atoms with E-state index in [0.717, 1.165) is 44.7 Å². The molecule has 2 aliphatic rings. The molecule has 0 radical (unpaired) electrons. The van der Waals surface area contributed by atoms with Crippen molar-refractivity contribution in [1.29, 1.82) is 0 Å². The Bertz CT molecular complexity index is 752. The van der Waals surface area contributed by atoms with Gasteiger partial charge in [-0.25, -0.2) is 0 Å². The lowest BCUT2D eigenvalue weighted by molar-refractivity contribution is 0.0951. The second-order valence-corrected chi connectivity index (χ2v) is 7.29. The molecule has 4 nitrogen and oxygen atoms in total. The van der Waals surface area contributed by atoms with Crippen molar-refractivity contribution in [2.24, 2.45) is 0 Å². The molecule has 2 aliphatic heterocycles. The Hall–Kier alpha value is -2.04. The molecule has 4 rings (SSSR count). The molecule has 0 spiro atoms. The van der Waals surface area contributed by atoms with E-state index in [2.05, 4.69) is 39.4 Å². The molecular weight excluding hydrogens is 358 g/mol. The molecule has 0 aromatic heterocycles. The van der Waals surface area contributed by atoms with Gasteiger partial charge in [-0.3, -0.25) is 9.69 Å². The molecule has 2 heterocycles. The molecular formula is C22H28ClN3O. The largest absolute Gasteiger partial charge is 0.366 e. The molecule has 2 aromatic carbocycles. The minimum absolute atomic E-state index is 0. The number of carbonyl (C=O) groups excluding carboxylic acids is 1. The zero-order valence-corrected chi connectivity index (χ0v) is 16.5. The SMILES string of the molecule is Cl.O=C(NCCCN1CCN2c3ccccc3CCC2C1)c1ccccc1. The normalized spacial score (nSPS) is 18.8. The van der Waals surface area contributed by atoms with E-state index in [-0.39, 0.29) is 18.3 Å². The van der Waals surface area contributed by atoms with E-state index in [0.29, 0.717) is 6.04 Å². The fourth-order valence-electron chi connectivity index (χ4n) is 4.21. The number of fused-ring (bicyclic) bond motifs is 3. The third-order valence-corrected chi connectivity index (χ3v) is 5.59. The minimum atomic E-state index is 0. The summed E-state index contributed by atoms with van der Waals surface area (Å²) in [4.78, 5) is 17.2. The number of nitrogens with one attached hydrogen (secondary N) is 1. The van der Waals surface area contributed by atoms with Crippen molar-refractivity contribution in [3.05, 3.63) is 65.7 Å². The van der Waals surface area contributed by atoms with Crippen molar-refractivity contribution < 1.29 is 4.79 Å². The first-order valence-corrected chi connectivity index (χ1v) is 9.71. The summed E-state index contributed by atoms with van der Waals surface area (Å²) in [5.74, 6) is 0.0271. The van der Waals surface area contributed by atoms with Gasteiger partial charge >= 0.3 is 0 Å². The molecule has 2 aromatic rings. The maximum absolute atomic E-state index is 12.1. The number of hydrogen-bond donors (Lipinski definition) is 1. The van der Waals surface area contributed by atoms with Crippen molar-refractivity contribution in [2.75, 3.05) is 37.6 Å². The number of aryl methyl sites for hydroxylation is 1. The maximum Gasteiger partial charge on any atom is 0.251 e. The average Bonchev–Trinajstić information content (AvgIpc) is 2.71. The number of rotatable bonds is 5.